The summed E-state index contributed by atoms with van der Waals surface area (Å²) in [6.07, 6.45) is 3.91. The Hall–Kier alpha value is -2.82. The number of ether oxygens (including phenoxy) is 1. The Morgan fingerprint density at radius 2 is 1.82 bits per heavy atom. The minimum atomic E-state index is -3.50. The predicted octanol–water partition coefficient (Wildman–Crippen LogP) is 4.82. The van der Waals surface area contributed by atoms with Crippen molar-refractivity contribution in [2.24, 2.45) is 0 Å². The minimum Gasteiger partial charge on any atom is -0.494 e. The van der Waals surface area contributed by atoms with Gasteiger partial charge in [-0.15, -0.1) is 11.3 Å². The maximum Gasteiger partial charge on any atom is 0.243 e. The summed E-state index contributed by atoms with van der Waals surface area (Å²) < 4.78 is 46.2. The average Bonchev–Trinajstić information content (AvgIpc) is 3.14. The normalized spacial score (nSPS) is 15.0. The summed E-state index contributed by atoms with van der Waals surface area (Å²) in [5, 5.41) is 5.34. The molecule has 2 heterocycles. The van der Waals surface area contributed by atoms with Crippen LogP contribution in [0, 0.1) is 5.82 Å². The molecule has 180 valence electrons. The van der Waals surface area contributed by atoms with Gasteiger partial charge in [-0.05, 0) is 43.2 Å². The van der Waals surface area contributed by atoms with E-state index in [0.717, 1.165) is 37.3 Å². The number of hydrogen-bond donors (Lipinski definition) is 1. The van der Waals surface area contributed by atoms with Gasteiger partial charge in [0.25, 0.3) is 0 Å². The Labute approximate surface area is 202 Å². The number of ketones is 1. The van der Waals surface area contributed by atoms with Crippen molar-refractivity contribution in [1.82, 2.24) is 9.29 Å². The molecule has 7 nitrogen and oxygen atoms in total. The van der Waals surface area contributed by atoms with Crippen LogP contribution in [0.3, 0.4) is 0 Å². The van der Waals surface area contributed by atoms with Crippen LogP contribution in [0.1, 0.15) is 36.0 Å². The molecule has 34 heavy (non-hydrogen) atoms. The second-order valence-corrected chi connectivity index (χ2v) is 10.8. The topological polar surface area (TPSA) is 88.6 Å². The highest BCUT2D eigenvalue weighted by atomic mass is 32.2. The molecular formula is C24H26FN3O4S2. The number of aromatic nitrogens is 1. The lowest BCUT2D eigenvalue weighted by atomic mass is 10.1. The fraction of sp³-hybridized carbons (Fsp3) is 0.333. The second kappa shape index (κ2) is 10.6. The van der Waals surface area contributed by atoms with Crippen molar-refractivity contribution in [3.63, 3.8) is 0 Å². The smallest absolute Gasteiger partial charge is 0.243 e. The Morgan fingerprint density at radius 1 is 1.12 bits per heavy atom. The maximum absolute atomic E-state index is 13.8. The molecule has 1 aromatic heterocycles. The van der Waals surface area contributed by atoms with Gasteiger partial charge in [-0.25, -0.2) is 17.8 Å². The molecule has 1 N–H and O–H groups in total. The molecule has 3 aromatic rings. The number of nitrogens with zero attached hydrogens (tertiary/aromatic N) is 2. The van der Waals surface area contributed by atoms with Crippen molar-refractivity contribution in [3.8, 4) is 17.0 Å². The highest BCUT2D eigenvalue weighted by Gasteiger charge is 2.25. The number of halogens is 1. The van der Waals surface area contributed by atoms with Crippen LogP contribution in [0.25, 0.3) is 11.3 Å². The van der Waals surface area contributed by atoms with Crippen LogP contribution < -0.4 is 10.1 Å². The first kappa shape index (κ1) is 24.3. The van der Waals surface area contributed by atoms with E-state index in [1.165, 1.54) is 30.6 Å². The van der Waals surface area contributed by atoms with Gasteiger partial charge in [-0.1, -0.05) is 25.0 Å². The Balaban J connectivity index is 1.40. The van der Waals surface area contributed by atoms with Gasteiger partial charge in [0.1, 0.15) is 0 Å². The molecule has 0 amide bonds. The number of thiazole rings is 1. The van der Waals surface area contributed by atoms with Gasteiger partial charge < -0.3 is 10.1 Å². The van der Waals surface area contributed by atoms with Gasteiger partial charge in [-0.2, -0.15) is 4.31 Å². The Bertz CT molecular complexity index is 1250. The molecular weight excluding hydrogens is 477 g/mol. The van der Waals surface area contributed by atoms with Gasteiger partial charge in [0.15, 0.2) is 22.5 Å². The summed E-state index contributed by atoms with van der Waals surface area (Å²) in [7, 11) is -2.14. The van der Waals surface area contributed by atoms with Crippen LogP contribution in [0.15, 0.2) is 52.7 Å². The summed E-state index contributed by atoms with van der Waals surface area (Å²) in [5.74, 6) is -0.785. The molecule has 10 heteroatoms. The van der Waals surface area contributed by atoms with Crippen LogP contribution in [0.5, 0.6) is 5.75 Å². The lowest BCUT2D eigenvalue weighted by molar-refractivity contribution is 0.101. The van der Waals surface area contributed by atoms with Crippen molar-refractivity contribution in [1.29, 1.82) is 0 Å². The zero-order valence-corrected chi connectivity index (χ0v) is 20.4. The SMILES string of the molecule is COc1ccc(C(=O)CNc2nc(-c3ccc(S(=O)(=O)N4CCCCCC4)cc3)cs2)cc1F. The summed E-state index contributed by atoms with van der Waals surface area (Å²) >= 11 is 1.33. The largest absolute Gasteiger partial charge is 0.494 e. The predicted molar refractivity (Wildman–Crippen MR) is 131 cm³/mol. The van der Waals surface area contributed by atoms with Crippen LogP contribution in [0.4, 0.5) is 9.52 Å². The number of rotatable bonds is 8. The molecule has 4 rings (SSSR count). The zero-order chi connectivity index (χ0) is 24.1. The van der Waals surface area contributed by atoms with Gasteiger partial charge in [0.05, 0.1) is 24.2 Å². The van der Waals surface area contributed by atoms with E-state index in [1.807, 2.05) is 5.38 Å². The Kier molecular flexibility index (Phi) is 7.60. The van der Waals surface area contributed by atoms with Crippen LogP contribution in [-0.2, 0) is 10.0 Å². The standard InChI is InChI=1S/C24H26FN3O4S2/c1-32-23-11-8-18(14-20(23)25)22(29)15-26-24-27-21(16-33-24)17-6-9-19(10-7-17)34(30,31)28-12-4-2-3-5-13-28/h6-11,14,16H,2-5,12-13,15H2,1H3,(H,26,27). The minimum absolute atomic E-state index is 0.0360. The van der Waals surface area contributed by atoms with E-state index in [4.69, 9.17) is 4.74 Å². The molecule has 1 aliphatic rings. The molecule has 0 atom stereocenters. The molecule has 0 radical (unpaired) electrons. The molecule has 2 aromatic carbocycles. The number of benzene rings is 2. The van der Waals surface area contributed by atoms with Crippen molar-refractivity contribution >= 4 is 32.3 Å². The molecule has 1 saturated heterocycles. The van der Waals surface area contributed by atoms with E-state index in [2.05, 4.69) is 10.3 Å². The van der Waals surface area contributed by atoms with Gasteiger partial charge in [0, 0.05) is 29.6 Å². The number of anilines is 1. The quantitative estimate of drug-likeness (QED) is 0.444. The van der Waals surface area contributed by atoms with E-state index < -0.39 is 15.8 Å². The van der Waals surface area contributed by atoms with Crippen LogP contribution >= 0.6 is 11.3 Å². The van der Waals surface area contributed by atoms with E-state index in [1.54, 1.807) is 28.6 Å². The third-order valence-electron chi connectivity index (χ3n) is 5.73. The number of nitrogens with one attached hydrogen (secondary N) is 1. The number of carbonyl (C=O) groups is 1. The number of methoxy groups -OCH3 is 1. The van der Waals surface area contributed by atoms with Gasteiger partial charge in [0.2, 0.25) is 10.0 Å². The van der Waals surface area contributed by atoms with Crippen LogP contribution in [0.2, 0.25) is 0 Å². The van der Waals surface area contributed by atoms with E-state index >= 15 is 0 Å². The van der Waals surface area contributed by atoms with Crippen molar-refractivity contribution in [3.05, 3.63) is 59.2 Å². The Morgan fingerprint density at radius 3 is 2.47 bits per heavy atom. The number of sulfonamides is 1. The van der Waals surface area contributed by atoms with Gasteiger partial charge >= 0.3 is 0 Å². The summed E-state index contributed by atoms with van der Waals surface area (Å²) in [5.41, 5.74) is 1.70. The summed E-state index contributed by atoms with van der Waals surface area (Å²) in [6, 6.07) is 10.8. The third-order valence-corrected chi connectivity index (χ3v) is 8.44. The van der Waals surface area contributed by atoms with Crippen molar-refractivity contribution in [2.45, 2.75) is 30.6 Å². The average molecular weight is 504 g/mol. The van der Waals surface area contributed by atoms with Crippen molar-refractivity contribution < 1.29 is 22.3 Å². The summed E-state index contributed by atoms with van der Waals surface area (Å²) in [6.45, 7) is 1.09. The first-order valence-corrected chi connectivity index (χ1v) is 13.4. The first-order chi connectivity index (χ1) is 16.4. The lowest BCUT2D eigenvalue weighted by Crippen LogP contribution is -2.31. The molecule has 0 unspecified atom stereocenters. The maximum atomic E-state index is 13.8. The van der Waals surface area contributed by atoms with Crippen LogP contribution in [-0.4, -0.2) is 50.2 Å². The lowest BCUT2D eigenvalue weighted by Gasteiger charge is -2.19. The van der Waals surface area contributed by atoms with E-state index in [9.17, 15) is 17.6 Å². The summed E-state index contributed by atoms with van der Waals surface area (Å²) in [4.78, 5) is 17.1. The van der Waals surface area contributed by atoms with E-state index in [-0.39, 0.29) is 28.5 Å². The molecule has 0 spiro atoms. The highest BCUT2D eigenvalue weighted by molar-refractivity contribution is 7.89. The molecule has 0 aliphatic carbocycles. The first-order valence-electron chi connectivity index (χ1n) is 11.1. The molecule has 0 saturated carbocycles. The number of carbonyl (C=O) groups excluding carboxylic acids is 1. The zero-order valence-electron chi connectivity index (χ0n) is 18.8. The third kappa shape index (κ3) is 5.45. The highest BCUT2D eigenvalue weighted by Crippen LogP contribution is 2.27. The number of Topliss-reactive ketones (excluding diaryl/α,β-unsaturated/α-hetero) is 1. The fourth-order valence-corrected chi connectivity index (χ4v) is 6.05. The van der Waals surface area contributed by atoms with E-state index in [0.29, 0.717) is 23.9 Å². The molecule has 1 aliphatic heterocycles. The second-order valence-electron chi connectivity index (χ2n) is 8.01. The molecule has 0 bridgehead atoms. The number of hydrogen-bond acceptors (Lipinski definition) is 7. The monoisotopic (exact) mass is 503 g/mol. The fourth-order valence-electron chi connectivity index (χ4n) is 3.81. The molecule has 1 fully saturated rings. The van der Waals surface area contributed by atoms with Gasteiger partial charge in [-0.3, -0.25) is 4.79 Å². The van der Waals surface area contributed by atoms with Crippen molar-refractivity contribution in [2.75, 3.05) is 32.1 Å².